The number of aliphatic hydroxyl groups excluding tert-OH is 1. The van der Waals surface area contributed by atoms with E-state index in [1.807, 2.05) is 36.4 Å². The lowest BCUT2D eigenvalue weighted by molar-refractivity contribution is -0.0438. The highest BCUT2D eigenvalue weighted by molar-refractivity contribution is 5.97. The number of rotatable bonds is 8. The van der Waals surface area contributed by atoms with E-state index in [9.17, 15) is 14.3 Å². The van der Waals surface area contributed by atoms with Crippen molar-refractivity contribution < 1.29 is 18.7 Å². The van der Waals surface area contributed by atoms with Crippen LogP contribution in [0, 0.1) is 11.7 Å². The highest BCUT2D eigenvalue weighted by Gasteiger charge is 2.57. The maximum Gasteiger partial charge on any atom is 0.251 e. The van der Waals surface area contributed by atoms with Gasteiger partial charge in [-0.1, -0.05) is 12.1 Å². The molecule has 1 atom stereocenters. The molecule has 3 aromatic carbocycles. The number of hydrogen-bond acceptors (Lipinski definition) is 5. The zero-order chi connectivity index (χ0) is 25.7. The molecule has 190 valence electrons. The molecular weight excluding hydrogens is 469 g/mol. The number of benzene rings is 3. The molecule has 3 aliphatic carbocycles. The molecule has 6 nitrogen and oxygen atoms in total. The predicted octanol–water partition coefficient (Wildman–Crippen LogP) is 4.90. The minimum Gasteiger partial charge on any atom is -0.456 e. The lowest BCUT2D eigenvalue weighted by Crippen LogP contribution is -2.68. The van der Waals surface area contributed by atoms with Crippen LogP contribution in [0.1, 0.15) is 47.0 Å². The largest absolute Gasteiger partial charge is 0.456 e. The molecule has 7 heteroatoms. The van der Waals surface area contributed by atoms with Crippen molar-refractivity contribution in [2.75, 3.05) is 13.6 Å². The van der Waals surface area contributed by atoms with Crippen LogP contribution in [-0.4, -0.2) is 30.1 Å². The summed E-state index contributed by atoms with van der Waals surface area (Å²) in [4.78, 5) is 13.0. The quantitative estimate of drug-likeness (QED) is 0.259. The van der Waals surface area contributed by atoms with E-state index in [-0.39, 0.29) is 17.3 Å². The van der Waals surface area contributed by atoms with Crippen molar-refractivity contribution in [1.82, 2.24) is 10.6 Å². The summed E-state index contributed by atoms with van der Waals surface area (Å²) in [5, 5.41) is 17.8. The molecule has 1 heterocycles. The second-order valence-electron chi connectivity index (χ2n) is 10.4. The van der Waals surface area contributed by atoms with E-state index in [0.29, 0.717) is 41.0 Å². The lowest BCUT2D eigenvalue weighted by atomic mass is 9.50. The number of aliphatic hydroxyl groups is 1. The fraction of sp³-hybridized carbons (Fsp3) is 0.300. The molecule has 3 saturated carbocycles. The van der Waals surface area contributed by atoms with Gasteiger partial charge in [0.2, 0.25) is 0 Å². The SMILES string of the molecule is CNC(O)c1c(-c2ccc(F)cc2)oc2cc(CCN)c(-c3cccc(C(=O)NC45CC(C4)C5)c3)cc12. The van der Waals surface area contributed by atoms with Crippen LogP contribution >= 0.6 is 0 Å². The zero-order valence-electron chi connectivity index (χ0n) is 20.7. The normalized spacial score (nSPS) is 20.8. The molecule has 0 aliphatic heterocycles. The number of hydrogen-bond donors (Lipinski definition) is 4. The maximum atomic E-state index is 13.6. The standard InChI is InChI=1S/C30H30FN3O3/c1-33-29(36)26-24-13-23(19-3-2-4-21(11-19)28(35)34-30-14-17(15-30)16-30)20(9-10-32)12-25(24)37-27(26)18-5-7-22(31)8-6-18/h2-8,11-13,17,29,33,36H,9-10,14-16,32H2,1H3,(H,34,35). The van der Waals surface area contributed by atoms with Crippen LogP contribution in [0.2, 0.25) is 0 Å². The Kier molecular flexibility index (Phi) is 5.87. The summed E-state index contributed by atoms with van der Waals surface area (Å²) in [5.41, 5.74) is 11.2. The van der Waals surface area contributed by atoms with Crippen molar-refractivity contribution in [3.8, 4) is 22.5 Å². The van der Waals surface area contributed by atoms with Crippen LogP contribution in [0.5, 0.6) is 0 Å². The van der Waals surface area contributed by atoms with Gasteiger partial charge in [0.1, 0.15) is 23.4 Å². The van der Waals surface area contributed by atoms with Gasteiger partial charge in [-0.25, -0.2) is 4.39 Å². The predicted molar refractivity (Wildman–Crippen MR) is 141 cm³/mol. The zero-order valence-corrected chi connectivity index (χ0v) is 20.7. The molecule has 2 bridgehead atoms. The monoisotopic (exact) mass is 499 g/mol. The second-order valence-corrected chi connectivity index (χ2v) is 10.4. The van der Waals surface area contributed by atoms with Gasteiger partial charge in [0.15, 0.2) is 0 Å². The Hall–Kier alpha value is -3.52. The molecule has 0 radical (unpaired) electrons. The van der Waals surface area contributed by atoms with E-state index in [1.54, 1.807) is 19.2 Å². The average molecular weight is 500 g/mol. The van der Waals surface area contributed by atoms with E-state index in [2.05, 4.69) is 10.6 Å². The third kappa shape index (κ3) is 4.13. The molecule has 3 fully saturated rings. The molecule has 1 unspecified atom stereocenters. The molecular formula is C30H30FN3O3. The summed E-state index contributed by atoms with van der Waals surface area (Å²) >= 11 is 0. The fourth-order valence-corrected chi connectivity index (χ4v) is 5.84. The highest BCUT2D eigenvalue weighted by Crippen LogP contribution is 2.57. The summed E-state index contributed by atoms with van der Waals surface area (Å²) < 4.78 is 19.8. The van der Waals surface area contributed by atoms with Gasteiger partial charge in [-0.05, 0) is 110 Å². The Bertz CT molecular complexity index is 1480. The van der Waals surface area contributed by atoms with E-state index in [4.69, 9.17) is 10.2 Å². The van der Waals surface area contributed by atoms with E-state index < -0.39 is 6.23 Å². The minimum absolute atomic E-state index is 0.00706. The number of halogens is 1. The van der Waals surface area contributed by atoms with Crippen molar-refractivity contribution in [3.05, 3.63) is 83.2 Å². The van der Waals surface area contributed by atoms with Gasteiger partial charge >= 0.3 is 0 Å². The van der Waals surface area contributed by atoms with Gasteiger partial charge in [0.05, 0.1) is 0 Å². The number of fused-ring (bicyclic) bond motifs is 1. The summed E-state index contributed by atoms with van der Waals surface area (Å²) in [6.45, 7) is 0.444. The Balaban J connectivity index is 1.46. The molecule has 5 N–H and O–H groups in total. The summed E-state index contributed by atoms with van der Waals surface area (Å²) in [6, 6.07) is 17.6. The molecule has 4 aromatic rings. The van der Waals surface area contributed by atoms with Gasteiger partial charge in [0, 0.05) is 27.6 Å². The number of nitrogens with one attached hydrogen (secondary N) is 2. The minimum atomic E-state index is -1.00. The van der Waals surface area contributed by atoms with E-state index in [1.165, 1.54) is 12.1 Å². The first-order chi connectivity index (χ1) is 17.9. The number of carbonyl (C=O) groups excluding carboxylic acids is 1. The van der Waals surface area contributed by atoms with Crippen LogP contribution in [0.15, 0.2) is 65.1 Å². The van der Waals surface area contributed by atoms with Crippen molar-refractivity contribution >= 4 is 16.9 Å². The Morgan fingerprint density at radius 2 is 1.89 bits per heavy atom. The Morgan fingerprint density at radius 1 is 1.14 bits per heavy atom. The van der Waals surface area contributed by atoms with Gasteiger partial charge < -0.3 is 20.6 Å². The lowest BCUT2D eigenvalue weighted by Gasteiger charge is -2.61. The van der Waals surface area contributed by atoms with Crippen LogP contribution in [-0.2, 0) is 6.42 Å². The van der Waals surface area contributed by atoms with Crippen LogP contribution in [0.4, 0.5) is 4.39 Å². The van der Waals surface area contributed by atoms with E-state index in [0.717, 1.165) is 47.3 Å². The van der Waals surface area contributed by atoms with Gasteiger partial charge in [-0.2, -0.15) is 0 Å². The van der Waals surface area contributed by atoms with Crippen molar-refractivity contribution in [2.24, 2.45) is 11.7 Å². The Labute approximate surface area is 214 Å². The molecule has 1 amide bonds. The van der Waals surface area contributed by atoms with Crippen molar-refractivity contribution in [2.45, 2.75) is 37.5 Å². The first kappa shape index (κ1) is 23.9. The molecule has 0 spiro atoms. The molecule has 37 heavy (non-hydrogen) atoms. The van der Waals surface area contributed by atoms with Crippen LogP contribution in [0.3, 0.4) is 0 Å². The number of amides is 1. The van der Waals surface area contributed by atoms with Gasteiger partial charge in [0.25, 0.3) is 5.91 Å². The smallest absolute Gasteiger partial charge is 0.251 e. The highest BCUT2D eigenvalue weighted by atomic mass is 19.1. The molecule has 1 aromatic heterocycles. The average Bonchev–Trinajstić information content (AvgIpc) is 3.23. The summed E-state index contributed by atoms with van der Waals surface area (Å²) in [6.07, 6.45) is 2.87. The summed E-state index contributed by atoms with van der Waals surface area (Å²) in [7, 11) is 1.66. The third-order valence-electron chi connectivity index (χ3n) is 7.87. The molecule has 7 rings (SSSR count). The third-order valence-corrected chi connectivity index (χ3v) is 7.87. The number of furan rings is 1. The van der Waals surface area contributed by atoms with Crippen molar-refractivity contribution in [1.29, 1.82) is 0 Å². The summed E-state index contributed by atoms with van der Waals surface area (Å²) in [5.74, 6) is 0.865. The van der Waals surface area contributed by atoms with Crippen LogP contribution in [0.25, 0.3) is 33.4 Å². The second kappa shape index (κ2) is 9.10. The maximum absolute atomic E-state index is 13.6. The van der Waals surface area contributed by atoms with E-state index >= 15 is 0 Å². The first-order valence-electron chi connectivity index (χ1n) is 12.7. The molecule has 3 aliphatic rings. The fourth-order valence-electron chi connectivity index (χ4n) is 5.84. The van der Waals surface area contributed by atoms with Gasteiger partial charge in [-0.3, -0.25) is 10.1 Å². The number of nitrogens with two attached hydrogens (primary N) is 1. The Morgan fingerprint density at radius 3 is 2.54 bits per heavy atom. The molecule has 0 saturated heterocycles. The van der Waals surface area contributed by atoms with Crippen molar-refractivity contribution in [3.63, 3.8) is 0 Å². The number of carbonyl (C=O) groups is 1. The first-order valence-corrected chi connectivity index (χ1v) is 12.7. The van der Waals surface area contributed by atoms with Crippen LogP contribution < -0.4 is 16.4 Å². The van der Waals surface area contributed by atoms with Gasteiger partial charge in [-0.15, -0.1) is 0 Å². The topological polar surface area (TPSA) is 101 Å².